The van der Waals surface area contributed by atoms with E-state index in [1.165, 1.54) is 12.1 Å². The second kappa shape index (κ2) is 7.03. The van der Waals surface area contributed by atoms with Gasteiger partial charge in [-0.05, 0) is 23.8 Å². The Morgan fingerprint density at radius 1 is 1.33 bits per heavy atom. The first-order chi connectivity index (χ1) is 10.2. The van der Waals surface area contributed by atoms with Crippen LogP contribution in [0.15, 0.2) is 41.2 Å². The van der Waals surface area contributed by atoms with Crippen LogP contribution in [0.2, 0.25) is 0 Å². The lowest BCUT2D eigenvalue weighted by Crippen LogP contribution is -2.25. The minimum atomic E-state index is -0.357. The minimum Gasteiger partial charge on any atom is -0.347 e. The van der Waals surface area contributed by atoms with Crippen molar-refractivity contribution in [3.8, 4) is 11.8 Å². The highest BCUT2D eigenvalue weighted by molar-refractivity contribution is 5.91. The molecule has 0 aliphatic rings. The average Bonchev–Trinajstić information content (AvgIpc) is 2.52. The van der Waals surface area contributed by atoms with Crippen LogP contribution in [0.4, 0.5) is 0 Å². The number of nitrogens with one attached hydrogen (secondary N) is 2. The lowest BCUT2D eigenvalue weighted by atomic mass is 10.1. The summed E-state index contributed by atoms with van der Waals surface area (Å²) in [5.41, 5.74) is 6.89. The zero-order valence-corrected chi connectivity index (χ0v) is 11.2. The molecule has 0 saturated heterocycles. The van der Waals surface area contributed by atoms with E-state index in [1.807, 2.05) is 24.3 Å². The van der Waals surface area contributed by atoms with E-state index in [-0.39, 0.29) is 17.2 Å². The summed E-state index contributed by atoms with van der Waals surface area (Å²) >= 11 is 0. The molecule has 1 heterocycles. The van der Waals surface area contributed by atoms with Gasteiger partial charge in [0.15, 0.2) is 0 Å². The first-order valence-electron chi connectivity index (χ1n) is 6.31. The summed E-state index contributed by atoms with van der Waals surface area (Å²) in [5.74, 6) is 5.35. The summed E-state index contributed by atoms with van der Waals surface area (Å²) < 4.78 is 0. The van der Waals surface area contributed by atoms with Gasteiger partial charge < -0.3 is 11.1 Å². The number of hydrogen-bond donors (Lipinski definition) is 3. The maximum Gasteiger partial charge on any atom is 0.271 e. The van der Waals surface area contributed by atoms with Crippen LogP contribution in [0.5, 0.6) is 0 Å². The topological polar surface area (TPSA) is 101 Å². The number of nitrogens with zero attached hydrogens (tertiary/aromatic N) is 1. The van der Waals surface area contributed by atoms with Crippen molar-refractivity contribution in [3.05, 3.63) is 63.6 Å². The number of rotatable bonds is 3. The molecule has 0 aliphatic carbocycles. The molecule has 6 nitrogen and oxygen atoms in total. The molecule has 1 aromatic carbocycles. The van der Waals surface area contributed by atoms with Gasteiger partial charge in [-0.15, -0.1) is 0 Å². The lowest BCUT2D eigenvalue weighted by molar-refractivity contribution is 0.0945. The quantitative estimate of drug-likeness (QED) is 0.690. The molecule has 0 unspecified atom stereocenters. The summed E-state index contributed by atoms with van der Waals surface area (Å²) in [6.07, 6.45) is 0. The second-order valence-corrected chi connectivity index (χ2v) is 4.20. The zero-order chi connectivity index (χ0) is 15.1. The highest BCUT2D eigenvalue weighted by Crippen LogP contribution is 2.04. The Morgan fingerprint density at radius 3 is 2.90 bits per heavy atom. The van der Waals surface area contributed by atoms with E-state index < -0.39 is 0 Å². The van der Waals surface area contributed by atoms with Gasteiger partial charge in [-0.1, -0.05) is 24.0 Å². The monoisotopic (exact) mass is 282 g/mol. The molecule has 2 aromatic rings. The van der Waals surface area contributed by atoms with E-state index in [1.54, 1.807) is 0 Å². The first-order valence-corrected chi connectivity index (χ1v) is 6.31. The van der Waals surface area contributed by atoms with Gasteiger partial charge in [0.1, 0.15) is 5.69 Å². The number of aromatic amines is 1. The van der Waals surface area contributed by atoms with Crippen LogP contribution in [-0.4, -0.2) is 22.6 Å². The third-order valence-electron chi connectivity index (χ3n) is 2.63. The van der Waals surface area contributed by atoms with Crippen LogP contribution >= 0.6 is 0 Å². The van der Waals surface area contributed by atoms with E-state index in [0.29, 0.717) is 13.1 Å². The van der Waals surface area contributed by atoms with E-state index in [2.05, 4.69) is 27.4 Å². The lowest BCUT2D eigenvalue weighted by Gasteiger charge is -2.05. The molecular formula is C15H14N4O2. The molecule has 0 aliphatic heterocycles. The Bertz CT molecular complexity index is 736. The largest absolute Gasteiger partial charge is 0.347 e. The van der Waals surface area contributed by atoms with Gasteiger partial charge in [0.25, 0.3) is 11.5 Å². The fourth-order valence-electron chi connectivity index (χ4n) is 1.66. The molecule has 1 amide bonds. The van der Waals surface area contributed by atoms with Crippen molar-refractivity contribution in [2.24, 2.45) is 5.73 Å². The van der Waals surface area contributed by atoms with Crippen LogP contribution in [0.1, 0.15) is 21.6 Å². The highest BCUT2D eigenvalue weighted by Gasteiger charge is 2.06. The van der Waals surface area contributed by atoms with E-state index in [9.17, 15) is 9.59 Å². The SMILES string of the molecule is NCC#Cc1cccc(CNC(=O)c2ccc(=O)[nH]n2)c1. The molecule has 0 spiro atoms. The summed E-state index contributed by atoms with van der Waals surface area (Å²) in [6.45, 7) is 0.649. The van der Waals surface area contributed by atoms with Crippen LogP contribution in [-0.2, 0) is 6.54 Å². The van der Waals surface area contributed by atoms with Crippen molar-refractivity contribution < 1.29 is 4.79 Å². The number of amides is 1. The molecule has 4 N–H and O–H groups in total. The fourth-order valence-corrected chi connectivity index (χ4v) is 1.66. The molecule has 6 heteroatoms. The highest BCUT2D eigenvalue weighted by atomic mass is 16.2. The fraction of sp³-hybridized carbons (Fsp3) is 0.133. The molecule has 0 fully saturated rings. The van der Waals surface area contributed by atoms with E-state index >= 15 is 0 Å². The van der Waals surface area contributed by atoms with Crippen LogP contribution in [0.3, 0.4) is 0 Å². The maximum absolute atomic E-state index is 11.8. The van der Waals surface area contributed by atoms with Crippen molar-refractivity contribution in [2.75, 3.05) is 6.54 Å². The van der Waals surface area contributed by atoms with E-state index in [4.69, 9.17) is 5.73 Å². The number of H-pyrrole nitrogens is 1. The van der Waals surface area contributed by atoms with Gasteiger partial charge in [0.2, 0.25) is 0 Å². The van der Waals surface area contributed by atoms with Gasteiger partial charge in [-0.2, -0.15) is 5.10 Å². The van der Waals surface area contributed by atoms with Gasteiger partial charge in [0.05, 0.1) is 6.54 Å². The molecule has 1 aromatic heterocycles. The number of aromatic nitrogens is 2. The van der Waals surface area contributed by atoms with Gasteiger partial charge in [-0.25, -0.2) is 5.10 Å². The molecule has 21 heavy (non-hydrogen) atoms. The number of nitrogens with two attached hydrogens (primary N) is 1. The Morgan fingerprint density at radius 2 is 2.19 bits per heavy atom. The standard InChI is InChI=1S/C15H14N4O2/c16-8-2-5-11-3-1-4-12(9-11)10-17-15(21)13-6-7-14(20)19-18-13/h1,3-4,6-7,9H,8,10,16H2,(H,17,21)(H,19,20). The van der Waals surface area contributed by atoms with Crippen LogP contribution in [0, 0.1) is 11.8 Å². The van der Waals surface area contributed by atoms with Crippen LogP contribution < -0.4 is 16.6 Å². The van der Waals surface area contributed by atoms with E-state index in [0.717, 1.165) is 11.1 Å². The molecule has 0 bridgehead atoms. The molecule has 0 radical (unpaired) electrons. The van der Waals surface area contributed by atoms with Gasteiger partial charge >= 0.3 is 0 Å². The number of benzene rings is 1. The van der Waals surface area contributed by atoms with Crippen LogP contribution in [0.25, 0.3) is 0 Å². The third-order valence-corrected chi connectivity index (χ3v) is 2.63. The molecule has 0 atom stereocenters. The summed E-state index contributed by atoms with van der Waals surface area (Å²) in [6, 6.07) is 10.1. The minimum absolute atomic E-state index is 0.161. The number of carbonyl (C=O) groups excluding carboxylic acids is 1. The maximum atomic E-state index is 11.8. The molecule has 0 saturated carbocycles. The Labute approximate surface area is 121 Å². The third kappa shape index (κ3) is 4.30. The van der Waals surface area contributed by atoms with Gasteiger partial charge in [-0.3, -0.25) is 9.59 Å². The normalized spacial score (nSPS) is 9.57. The molecular weight excluding hydrogens is 268 g/mol. The second-order valence-electron chi connectivity index (χ2n) is 4.20. The van der Waals surface area contributed by atoms with Crippen molar-refractivity contribution >= 4 is 5.91 Å². The summed E-state index contributed by atoms with van der Waals surface area (Å²) in [5, 5.41) is 8.60. The smallest absolute Gasteiger partial charge is 0.271 e. The average molecular weight is 282 g/mol. The number of carbonyl (C=O) groups is 1. The Kier molecular flexibility index (Phi) is 4.85. The van der Waals surface area contributed by atoms with Gasteiger partial charge in [0, 0.05) is 18.2 Å². The van der Waals surface area contributed by atoms with Crippen molar-refractivity contribution in [2.45, 2.75) is 6.54 Å². The molecule has 106 valence electrons. The Hall–Kier alpha value is -2.91. The van der Waals surface area contributed by atoms with Crippen molar-refractivity contribution in [3.63, 3.8) is 0 Å². The number of hydrogen-bond acceptors (Lipinski definition) is 4. The Balaban J connectivity index is 2.01. The van der Waals surface area contributed by atoms with Crippen molar-refractivity contribution in [1.82, 2.24) is 15.5 Å². The first kappa shape index (κ1) is 14.5. The van der Waals surface area contributed by atoms with Crippen molar-refractivity contribution in [1.29, 1.82) is 0 Å². The summed E-state index contributed by atoms with van der Waals surface area (Å²) in [4.78, 5) is 22.7. The molecule has 2 rings (SSSR count). The predicted octanol–water partition coefficient (Wildman–Crippen LogP) is 0.0101. The summed E-state index contributed by atoms with van der Waals surface area (Å²) in [7, 11) is 0. The predicted molar refractivity (Wildman–Crippen MR) is 78.4 cm³/mol. The zero-order valence-electron chi connectivity index (χ0n) is 11.2.